The molecule has 2 nitrogen and oxygen atoms in total. The second-order valence-electron chi connectivity index (χ2n) is 4.29. The Balaban J connectivity index is 2.00. The van der Waals surface area contributed by atoms with Crippen LogP contribution in [-0.4, -0.2) is 12.4 Å². The first-order chi connectivity index (χ1) is 7.73. The molecule has 0 unspecified atom stereocenters. The van der Waals surface area contributed by atoms with Gasteiger partial charge < -0.3 is 9.47 Å². The van der Waals surface area contributed by atoms with Crippen LogP contribution in [0.4, 0.5) is 0 Å². The van der Waals surface area contributed by atoms with Gasteiger partial charge in [-0.3, -0.25) is 0 Å². The number of benzene rings is 1. The fraction of sp³-hybridized carbons (Fsp3) is 0.429. The molecule has 1 aliphatic heterocycles. The van der Waals surface area contributed by atoms with E-state index in [1.807, 2.05) is 31.2 Å². The maximum atomic E-state index is 5.97. The smallest absolute Gasteiger partial charge is 0.166 e. The molecule has 1 heterocycles. The van der Waals surface area contributed by atoms with Crippen LogP contribution >= 0.6 is 0 Å². The van der Waals surface area contributed by atoms with Crippen LogP contribution in [0.3, 0.4) is 0 Å². The lowest BCUT2D eigenvalue weighted by molar-refractivity contribution is -0.158. The van der Waals surface area contributed by atoms with Crippen LogP contribution < -0.4 is 0 Å². The average Bonchev–Trinajstić information content (AvgIpc) is 2.71. The minimum Gasteiger partial charge on any atom is -0.347 e. The standard InChI is InChI=1S/C14H18O2/c1-3-4-10-14(2)15-11-13(16-14)12-8-6-5-7-9-12/h3,5-9,13H,1,4,10-11H2,2H3/t13-,14+/m1/s1. The van der Waals surface area contributed by atoms with Crippen molar-refractivity contribution >= 4 is 0 Å². The molecule has 1 aliphatic rings. The Bertz CT molecular complexity index is 347. The normalized spacial score (nSPS) is 29.2. The average molecular weight is 218 g/mol. The summed E-state index contributed by atoms with van der Waals surface area (Å²) in [6.07, 6.45) is 3.74. The van der Waals surface area contributed by atoms with Crippen LogP contribution in [-0.2, 0) is 9.47 Å². The molecule has 16 heavy (non-hydrogen) atoms. The maximum Gasteiger partial charge on any atom is 0.166 e. The Kier molecular flexibility index (Phi) is 3.42. The highest BCUT2D eigenvalue weighted by atomic mass is 16.7. The van der Waals surface area contributed by atoms with Crippen molar-refractivity contribution in [2.45, 2.75) is 31.7 Å². The highest BCUT2D eigenvalue weighted by molar-refractivity contribution is 5.18. The van der Waals surface area contributed by atoms with Crippen LogP contribution in [0.2, 0.25) is 0 Å². The summed E-state index contributed by atoms with van der Waals surface area (Å²) in [5.74, 6) is -0.450. The molecule has 0 spiro atoms. The van der Waals surface area contributed by atoms with Crippen molar-refractivity contribution in [3.8, 4) is 0 Å². The Morgan fingerprint density at radius 1 is 1.44 bits per heavy atom. The lowest BCUT2D eigenvalue weighted by Crippen LogP contribution is -2.25. The number of rotatable bonds is 4. The molecular formula is C14H18O2. The molecule has 2 rings (SSSR count). The van der Waals surface area contributed by atoms with Crippen LogP contribution in [0.1, 0.15) is 31.4 Å². The Morgan fingerprint density at radius 2 is 2.19 bits per heavy atom. The van der Waals surface area contributed by atoms with E-state index in [-0.39, 0.29) is 6.10 Å². The fourth-order valence-corrected chi connectivity index (χ4v) is 1.95. The molecule has 86 valence electrons. The lowest BCUT2D eigenvalue weighted by atomic mass is 10.1. The minimum atomic E-state index is -0.450. The predicted molar refractivity (Wildman–Crippen MR) is 64.1 cm³/mol. The highest BCUT2D eigenvalue weighted by Crippen LogP contribution is 2.35. The first kappa shape index (κ1) is 11.4. The second kappa shape index (κ2) is 4.81. The third-order valence-corrected chi connectivity index (χ3v) is 2.91. The molecule has 0 saturated carbocycles. The maximum absolute atomic E-state index is 5.97. The summed E-state index contributed by atoms with van der Waals surface area (Å²) in [5, 5.41) is 0. The van der Waals surface area contributed by atoms with Gasteiger partial charge in [-0.05, 0) is 18.9 Å². The number of hydrogen-bond donors (Lipinski definition) is 0. The summed E-state index contributed by atoms with van der Waals surface area (Å²) in [5.41, 5.74) is 1.19. The molecule has 2 heteroatoms. The van der Waals surface area contributed by atoms with Gasteiger partial charge in [0.2, 0.25) is 0 Å². The first-order valence-electron chi connectivity index (χ1n) is 5.71. The zero-order chi connectivity index (χ0) is 11.4. The van der Waals surface area contributed by atoms with Crippen molar-refractivity contribution in [3.05, 3.63) is 48.6 Å². The summed E-state index contributed by atoms with van der Waals surface area (Å²) in [6, 6.07) is 10.2. The van der Waals surface area contributed by atoms with Gasteiger partial charge in [-0.2, -0.15) is 0 Å². The zero-order valence-electron chi connectivity index (χ0n) is 9.69. The molecular weight excluding hydrogens is 200 g/mol. The van der Waals surface area contributed by atoms with E-state index < -0.39 is 5.79 Å². The van der Waals surface area contributed by atoms with Crippen molar-refractivity contribution in [3.63, 3.8) is 0 Å². The molecule has 0 amide bonds. The summed E-state index contributed by atoms with van der Waals surface area (Å²) >= 11 is 0. The lowest BCUT2D eigenvalue weighted by Gasteiger charge is -2.22. The summed E-state index contributed by atoms with van der Waals surface area (Å²) < 4.78 is 11.7. The van der Waals surface area contributed by atoms with E-state index in [1.54, 1.807) is 0 Å². The van der Waals surface area contributed by atoms with Crippen molar-refractivity contribution in [1.82, 2.24) is 0 Å². The van der Waals surface area contributed by atoms with E-state index in [0.717, 1.165) is 12.8 Å². The minimum absolute atomic E-state index is 0.0658. The fourth-order valence-electron chi connectivity index (χ4n) is 1.95. The summed E-state index contributed by atoms with van der Waals surface area (Å²) in [7, 11) is 0. The molecule has 0 aliphatic carbocycles. The van der Waals surface area contributed by atoms with Gasteiger partial charge in [-0.25, -0.2) is 0 Å². The van der Waals surface area contributed by atoms with Crippen LogP contribution in [0.5, 0.6) is 0 Å². The van der Waals surface area contributed by atoms with E-state index in [0.29, 0.717) is 6.61 Å². The van der Waals surface area contributed by atoms with Gasteiger partial charge in [0.15, 0.2) is 5.79 Å². The third kappa shape index (κ3) is 2.52. The highest BCUT2D eigenvalue weighted by Gasteiger charge is 2.36. The van der Waals surface area contributed by atoms with E-state index in [2.05, 4.69) is 18.7 Å². The molecule has 1 fully saturated rings. The molecule has 1 aromatic carbocycles. The van der Waals surface area contributed by atoms with E-state index in [4.69, 9.17) is 9.47 Å². The molecule has 0 bridgehead atoms. The largest absolute Gasteiger partial charge is 0.347 e. The quantitative estimate of drug-likeness (QED) is 0.720. The third-order valence-electron chi connectivity index (χ3n) is 2.91. The molecule has 0 aromatic heterocycles. The van der Waals surface area contributed by atoms with Gasteiger partial charge in [0.25, 0.3) is 0 Å². The number of hydrogen-bond acceptors (Lipinski definition) is 2. The van der Waals surface area contributed by atoms with E-state index in [1.165, 1.54) is 5.56 Å². The SMILES string of the molecule is C=CCC[C@@]1(C)OC[C@H](c2ccccc2)O1. The molecule has 0 radical (unpaired) electrons. The van der Waals surface area contributed by atoms with Gasteiger partial charge in [-0.1, -0.05) is 36.4 Å². The van der Waals surface area contributed by atoms with Crippen LogP contribution in [0, 0.1) is 0 Å². The van der Waals surface area contributed by atoms with Crippen LogP contribution in [0.15, 0.2) is 43.0 Å². The van der Waals surface area contributed by atoms with Gasteiger partial charge in [0, 0.05) is 6.42 Å². The van der Waals surface area contributed by atoms with Crippen molar-refractivity contribution in [2.24, 2.45) is 0 Å². The van der Waals surface area contributed by atoms with Gasteiger partial charge >= 0.3 is 0 Å². The molecule has 1 aromatic rings. The zero-order valence-corrected chi connectivity index (χ0v) is 9.69. The topological polar surface area (TPSA) is 18.5 Å². The molecule has 0 N–H and O–H groups in total. The Labute approximate surface area is 96.9 Å². The van der Waals surface area contributed by atoms with Crippen molar-refractivity contribution < 1.29 is 9.47 Å². The number of allylic oxidation sites excluding steroid dienone is 1. The van der Waals surface area contributed by atoms with E-state index in [9.17, 15) is 0 Å². The second-order valence-corrected chi connectivity index (χ2v) is 4.29. The molecule has 1 saturated heterocycles. The van der Waals surface area contributed by atoms with Gasteiger partial charge in [0.1, 0.15) is 6.10 Å². The Morgan fingerprint density at radius 3 is 2.88 bits per heavy atom. The molecule has 2 atom stereocenters. The van der Waals surface area contributed by atoms with Gasteiger partial charge in [0.05, 0.1) is 6.61 Å². The summed E-state index contributed by atoms with van der Waals surface area (Å²) in [4.78, 5) is 0. The summed E-state index contributed by atoms with van der Waals surface area (Å²) in [6.45, 7) is 6.35. The first-order valence-corrected chi connectivity index (χ1v) is 5.71. The predicted octanol–water partition coefficient (Wildman–Crippen LogP) is 3.46. The monoisotopic (exact) mass is 218 g/mol. The van der Waals surface area contributed by atoms with Crippen LogP contribution in [0.25, 0.3) is 0 Å². The number of ether oxygens (including phenoxy) is 2. The Hall–Kier alpha value is -1.12. The van der Waals surface area contributed by atoms with Crippen molar-refractivity contribution in [1.29, 1.82) is 0 Å². The van der Waals surface area contributed by atoms with E-state index >= 15 is 0 Å². The van der Waals surface area contributed by atoms with Gasteiger partial charge in [-0.15, -0.1) is 6.58 Å². The van der Waals surface area contributed by atoms with Crippen molar-refractivity contribution in [2.75, 3.05) is 6.61 Å².